The van der Waals surface area contributed by atoms with Crippen molar-refractivity contribution in [3.05, 3.63) is 72.7 Å². The molecule has 0 bridgehead atoms. The average Bonchev–Trinajstić information content (AvgIpc) is 2.95. The minimum atomic E-state index is 0.195. The second kappa shape index (κ2) is 8.96. The Balaban J connectivity index is 2.88. The lowest BCUT2D eigenvalue weighted by Gasteiger charge is -2.17. The molecule has 0 radical (unpaired) electrons. The van der Waals surface area contributed by atoms with Crippen LogP contribution in [-0.4, -0.2) is 12.8 Å². The number of rotatable bonds is 8. The average molecular weight is 282 g/mol. The maximum atomic E-state index is 4.28. The molecule has 2 nitrogen and oxygen atoms in total. The summed E-state index contributed by atoms with van der Waals surface area (Å²) in [5.74, 6) is 0.195. The largest absolute Gasteiger partial charge is 0.386 e. The molecule has 0 fully saturated rings. The van der Waals surface area contributed by atoms with Crippen LogP contribution in [0.3, 0.4) is 0 Å². The summed E-state index contributed by atoms with van der Waals surface area (Å²) in [7, 11) is 0. The molecule has 0 spiro atoms. The van der Waals surface area contributed by atoms with Crippen LogP contribution in [0, 0.1) is 5.92 Å². The molecular weight excluding hydrogens is 256 g/mol. The molecule has 0 aliphatic carbocycles. The number of hydrogen-bond acceptors (Lipinski definition) is 2. The molecule has 0 saturated carbocycles. The predicted molar refractivity (Wildman–Crippen MR) is 94.3 cm³/mol. The number of unbranched alkanes of at least 4 members (excludes halogenated alkanes) is 1. The summed E-state index contributed by atoms with van der Waals surface area (Å²) in [5.41, 5.74) is 4.70. The SMILES string of the molecule is C=CCC/C=C1\CNC=C1C(=C)C(C)/C(C=C)=C/N=CC. The van der Waals surface area contributed by atoms with Gasteiger partial charge in [0.1, 0.15) is 0 Å². The first-order valence-corrected chi connectivity index (χ1v) is 7.39. The first-order chi connectivity index (χ1) is 10.2. The summed E-state index contributed by atoms with van der Waals surface area (Å²) >= 11 is 0. The first kappa shape index (κ1) is 17.0. The molecule has 0 amide bonds. The maximum Gasteiger partial charge on any atom is 0.0398 e. The third-order valence-electron chi connectivity index (χ3n) is 3.62. The van der Waals surface area contributed by atoms with Crippen molar-refractivity contribution in [2.75, 3.05) is 6.54 Å². The van der Waals surface area contributed by atoms with Crippen molar-refractivity contribution < 1.29 is 0 Å². The van der Waals surface area contributed by atoms with Gasteiger partial charge in [-0.1, -0.05) is 38.3 Å². The Bertz CT molecular complexity index is 516. The molecule has 1 aliphatic rings. The van der Waals surface area contributed by atoms with Crippen LogP contribution in [0.1, 0.15) is 26.7 Å². The van der Waals surface area contributed by atoms with Crippen molar-refractivity contribution in [3.63, 3.8) is 0 Å². The Kier molecular flexibility index (Phi) is 7.24. The van der Waals surface area contributed by atoms with E-state index < -0.39 is 0 Å². The number of allylic oxidation sites excluding steroid dienone is 5. The first-order valence-electron chi connectivity index (χ1n) is 7.39. The van der Waals surface area contributed by atoms with Crippen molar-refractivity contribution >= 4 is 6.21 Å². The fourth-order valence-corrected chi connectivity index (χ4v) is 2.24. The van der Waals surface area contributed by atoms with E-state index in [1.165, 1.54) is 11.1 Å². The summed E-state index contributed by atoms with van der Waals surface area (Å²) < 4.78 is 0. The zero-order valence-electron chi connectivity index (χ0n) is 13.2. The molecule has 1 atom stereocenters. The van der Waals surface area contributed by atoms with E-state index >= 15 is 0 Å². The number of hydrogen-bond donors (Lipinski definition) is 1. The monoisotopic (exact) mass is 282 g/mol. The minimum Gasteiger partial charge on any atom is -0.386 e. The fraction of sp³-hybridized carbons (Fsp3) is 0.316. The highest BCUT2D eigenvalue weighted by molar-refractivity contribution is 5.55. The Hall–Kier alpha value is -2.09. The van der Waals surface area contributed by atoms with Gasteiger partial charge >= 0.3 is 0 Å². The van der Waals surface area contributed by atoms with Crippen molar-refractivity contribution in [1.29, 1.82) is 0 Å². The van der Waals surface area contributed by atoms with Crippen LogP contribution in [0.2, 0.25) is 0 Å². The van der Waals surface area contributed by atoms with E-state index in [2.05, 4.69) is 49.2 Å². The third-order valence-corrected chi connectivity index (χ3v) is 3.62. The lowest BCUT2D eigenvalue weighted by Crippen LogP contribution is -2.05. The van der Waals surface area contributed by atoms with E-state index in [0.29, 0.717) is 0 Å². The smallest absolute Gasteiger partial charge is 0.0398 e. The molecule has 1 N–H and O–H groups in total. The molecule has 1 rings (SSSR count). The quantitative estimate of drug-likeness (QED) is 0.296. The van der Waals surface area contributed by atoms with E-state index in [1.807, 2.05) is 25.3 Å². The van der Waals surface area contributed by atoms with E-state index in [1.54, 1.807) is 6.21 Å². The Labute approximate surface area is 129 Å². The standard InChI is InChI=1S/C19H26N2/c1-6-9-10-11-18-13-21-14-19(18)16(5)15(4)17(7-2)12-20-8-3/h6-8,11-12,14-15,21H,1-2,5,9-10,13H2,3-4H3/b17-12+,18-11+,20-8?. The van der Waals surface area contributed by atoms with Gasteiger partial charge in [0, 0.05) is 31.1 Å². The van der Waals surface area contributed by atoms with E-state index in [4.69, 9.17) is 0 Å². The van der Waals surface area contributed by atoms with E-state index in [9.17, 15) is 0 Å². The van der Waals surface area contributed by atoms with Crippen LogP contribution in [0.25, 0.3) is 0 Å². The summed E-state index contributed by atoms with van der Waals surface area (Å²) in [6, 6.07) is 0. The zero-order chi connectivity index (χ0) is 15.7. The topological polar surface area (TPSA) is 24.4 Å². The molecule has 0 saturated heterocycles. The summed E-state index contributed by atoms with van der Waals surface area (Å²) in [4.78, 5) is 4.19. The van der Waals surface area contributed by atoms with Crippen molar-refractivity contribution in [3.8, 4) is 0 Å². The van der Waals surface area contributed by atoms with Gasteiger partial charge in [-0.2, -0.15) is 0 Å². The minimum absolute atomic E-state index is 0.195. The number of nitrogens with one attached hydrogen (secondary N) is 1. The van der Waals surface area contributed by atoms with Gasteiger partial charge in [-0.15, -0.1) is 6.58 Å². The highest BCUT2D eigenvalue weighted by atomic mass is 14.9. The van der Waals surface area contributed by atoms with Gasteiger partial charge in [0.2, 0.25) is 0 Å². The highest BCUT2D eigenvalue weighted by Crippen LogP contribution is 2.31. The molecule has 0 aromatic heterocycles. The highest BCUT2D eigenvalue weighted by Gasteiger charge is 2.19. The van der Waals surface area contributed by atoms with Gasteiger partial charge in [-0.25, -0.2) is 0 Å². The molecule has 0 aromatic rings. The van der Waals surface area contributed by atoms with E-state index in [0.717, 1.165) is 30.5 Å². The molecule has 1 unspecified atom stereocenters. The predicted octanol–water partition coefficient (Wildman–Crippen LogP) is 4.72. The zero-order valence-corrected chi connectivity index (χ0v) is 13.2. The van der Waals surface area contributed by atoms with Crippen LogP contribution in [0.4, 0.5) is 0 Å². The Morgan fingerprint density at radius 3 is 2.81 bits per heavy atom. The number of aliphatic imine (C=N–C) groups is 1. The van der Waals surface area contributed by atoms with Crippen molar-refractivity contribution in [1.82, 2.24) is 5.32 Å². The van der Waals surface area contributed by atoms with Crippen LogP contribution >= 0.6 is 0 Å². The maximum absolute atomic E-state index is 4.28. The lowest BCUT2D eigenvalue weighted by molar-refractivity contribution is 0.835. The summed E-state index contributed by atoms with van der Waals surface area (Å²) in [6.07, 6.45) is 13.8. The number of nitrogens with zero attached hydrogens (tertiary/aromatic N) is 1. The van der Waals surface area contributed by atoms with Gasteiger partial charge in [0.25, 0.3) is 0 Å². The lowest BCUT2D eigenvalue weighted by atomic mass is 9.87. The summed E-state index contributed by atoms with van der Waals surface area (Å²) in [6.45, 7) is 16.8. The van der Waals surface area contributed by atoms with Gasteiger partial charge < -0.3 is 5.32 Å². The normalized spacial score (nSPS) is 18.5. The summed E-state index contributed by atoms with van der Waals surface area (Å²) in [5, 5.41) is 3.29. The molecule has 1 aliphatic heterocycles. The van der Waals surface area contributed by atoms with Gasteiger partial charge in [0.15, 0.2) is 0 Å². The second-order valence-corrected chi connectivity index (χ2v) is 5.02. The van der Waals surface area contributed by atoms with Crippen LogP contribution in [0.15, 0.2) is 77.6 Å². The molecule has 2 heteroatoms. The van der Waals surface area contributed by atoms with Gasteiger partial charge in [-0.05, 0) is 42.1 Å². The third kappa shape index (κ3) is 4.75. The Morgan fingerprint density at radius 2 is 2.19 bits per heavy atom. The van der Waals surface area contributed by atoms with Crippen LogP contribution in [-0.2, 0) is 0 Å². The molecule has 21 heavy (non-hydrogen) atoms. The van der Waals surface area contributed by atoms with Gasteiger partial charge in [0.05, 0.1) is 0 Å². The van der Waals surface area contributed by atoms with Crippen molar-refractivity contribution in [2.24, 2.45) is 10.9 Å². The molecule has 0 aromatic carbocycles. The van der Waals surface area contributed by atoms with E-state index in [-0.39, 0.29) is 5.92 Å². The van der Waals surface area contributed by atoms with Crippen LogP contribution < -0.4 is 5.32 Å². The van der Waals surface area contributed by atoms with Crippen LogP contribution in [0.5, 0.6) is 0 Å². The Morgan fingerprint density at radius 1 is 1.43 bits per heavy atom. The molecule has 112 valence electrons. The van der Waals surface area contributed by atoms with Gasteiger partial charge in [-0.3, -0.25) is 4.99 Å². The second-order valence-electron chi connectivity index (χ2n) is 5.02. The molecule has 1 heterocycles. The fourth-order valence-electron chi connectivity index (χ4n) is 2.24. The van der Waals surface area contributed by atoms with Crippen molar-refractivity contribution in [2.45, 2.75) is 26.7 Å². The molecular formula is C19H26N2.